The van der Waals surface area contributed by atoms with Crippen molar-refractivity contribution in [2.24, 2.45) is 11.8 Å². The van der Waals surface area contributed by atoms with E-state index in [1.54, 1.807) is 39.5 Å². The summed E-state index contributed by atoms with van der Waals surface area (Å²) in [4.78, 5) is 41.3. The lowest BCUT2D eigenvalue weighted by Crippen LogP contribution is -2.55. The molecule has 2 aliphatic rings. The highest BCUT2D eigenvalue weighted by Crippen LogP contribution is 2.32. The van der Waals surface area contributed by atoms with Gasteiger partial charge in [-0.2, -0.15) is 13.2 Å². The molecule has 16 heteroatoms. The van der Waals surface area contributed by atoms with Gasteiger partial charge >= 0.3 is 12.3 Å². The lowest BCUT2D eigenvalue weighted by Gasteiger charge is -2.33. The third-order valence-electron chi connectivity index (χ3n) is 8.58. The predicted octanol–water partition coefficient (Wildman–Crippen LogP) is 4.98. The van der Waals surface area contributed by atoms with E-state index in [0.717, 1.165) is 10.6 Å². The summed E-state index contributed by atoms with van der Waals surface area (Å²) in [6.45, 7) is 9.16. The van der Waals surface area contributed by atoms with Crippen molar-refractivity contribution in [2.75, 3.05) is 13.1 Å². The van der Waals surface area contributed by atoms with Gasteiger partial charge in [-0.1, -0.05) is 13.8 Å². The van der Waals surface area contributed by atoms with Crippen LogP contribution in [0.1, 0.15) is 77.5 Å². The highest BCUT2D eigenvalue weighted by atomic mass is 19.4. The van der Waals surface area contributed by atoms with Gasteiger partial charge in [0, 0.05) is 56.5 Å². The number of halogens is 6. The molecule has 1 aromatic heterocycles. The molecule has 1 aromatic carbocycles. The number of nitrogens with zero attached hydrogens (tertiary/aromatic N) is 4. The molecule has 266 valence electrons. The molecule has 0 radical (unpaired) electrons. The van der Waals surface area contributed by atoms with E-state index in [0.29, 0.717) is 25.5 Å². The molecule has 3 heterocycles. The Morgan fingerprint density at radius 3 is 2.33 bits per heavy atom. The van der Waals surface area contributed by atoms with Crippen LogP contribution in [0.5, 0.6) is 0 Å². The Morgan fingerprint density at radius 2 is 1.69 bits per heavy atom. The van der Waals surface area contributed by atoms with Crippen LogP contribution in [0.3, 0.4) is 0 Å². The summed E-state index contributed by atoms with van der Waals surface area (Å²) in [5, 5.41) is 12.8. The Hall–Kier alpha value is -3.69. The van der Waals surface area contributed by atoms with E-state index in [4.69, 9.17) is 4.74 Å². The molecule has 2 amide bonds. The zero-order valence-corrected chi connectivity index (χ0v) is 27.6. The monoisotopic (exact) mass is 688 g/mol. The number of fused-ring (bicyclic) bond motifs is 1. The first-order valence-corrected chi connectivity index (χ1v) is 16.0. The van der Waals surface area contributed by atoms with Crippen LogP contribution in [0.25, 0.3) is 0 Å². The molecule has 1 fully saturated rings. The molecule has 0 aliphatic carbocycles. The molecule has 4 atom stereocenters. The fourth-order valence-corrected chi connectivity index (χ4v) is 6.19. The second kappa shape index (κ2) is 14.8. The van der Waals surface area contributed by atoms with Gasteiger partial charge in [0.05, 0.1) is 0 Å². The molecule has 10 nitrogen and oxygen atoms in total. The summed E-state index contributed by atoms with van der Waals surface area (Å²) >= 11 is 0. The normalized spacial score (nSPS) is 19.6. The van der Waals surface area contributed by atoms with Crippen LogP contribution in [0.2, 0.25) is 0 Å². The number of ether oxygens (including phenoxy) is 1. The van der Waals surface area contributed by atoms with Crippen LogP contribution in [0, 0.1) is 29.3 Å². The van der Waals surface area contributed by atoms with Gasteiger partial charge in [-0.05, 0) is 64.0 Å². The van der Waals surface area contributed by atoms with Crippen molar-refractivity contribution in [3.8, 4) is 0 Å². The quantitative estimate of drug-likeness (QED) is 0.253. The summed E-state index contributed by atoms with van der Waals surface area (Å²) in [7, 11) is 0. The van der Waals surface area contributed by atoms with Crippen LogP contribution in [0.15, 0.2) is 12.1 Å². The highest BCUT2D eigenvalue weighted by molar-refractivity contribution is 5.86. The number of hydrogen-bond acceptors (Lipinski definition) is 7. The van der Waals surface area contributed by atoms with Crippen molar-refractivity contribution in [1.82, 2.24) is 30.3 Å². The minimum atomic E-state index is -4.69. The number of amides is 2. The Labute approximate surface area is 275 Å². The van der Waals surface area contributed by atoms with E-state index < -0.39 is 59.1 Å². The van der Waals surface area contributed by atoms with Gasteiger partial charge in [0.2, 0.25) is 11.7 Å². The van der Waals surface area contributed by atoms with E-state index in [2.05, 4.69) is 20.8 Å². The van der Waals surface area contributed by atoms with Gasteiger partial charge in [0.25, 0.3) is 0 Å². The summed E-state index contributed by atoms with van der Waals surface area (Å²) < 4.78 is 88.6. The van der Waals surface area contributed by atoms with Crippen molar-refractivity contribution < 1.29 is 45.5 Å². The number of carbonyl (C=O) groups excluding carboxylic acids is 3. The summed E-state index contributed by atoms with van der Waals surface area (Å²) in [6, 6.07) is -0.870. The van der Waals surface area contributed by atoms with Crippen LogP contribution >= 0.6 is 0 Å². The number of aromatic nitrogens is 3. The number of alkyl halides is 3. The number of Topliss-reactive ketones (excluding diaryl/α,β-unsaturated/α-hetero) is 1. The number of hydrogen-bond donors (Lipinski definition) is 2. The predicted molar refractivity (Wildman–Crippen MR) is 161 cm³/mol. The minimum Gasteiger partial charge on any atom is -0.444 e. The number of benzene rings is 1. The van der Waals surface area contributed by atoms with Crippen molar-refractivity contribution in [1.29, 1.82) is 0 Å². The second-order valence-electron chi connectivity index (χ2n) is 13.8. The van der Waals surface area contributed by atoms with Gasteiger partial charge in [0.1, 0.15) is 29.1 Å². The molecule has 0 spiro atoms. The molecule has 0 bridgehead atoms. The fraction of sp³-hybridized carbons (Fsp3) is 0.656. The lowest BCUT2D eigenvalue weighted by atomic mass is 9.88. The highest BCUT2D eigenvalue weighted by Gasteiger charge is 2.41. The number of carbonyl (C=O) groups is 3. The summed E-state index contributed by atoms with van der Waals surface area (Å²) in [5.41, 5.74) is -0.937. The standard InChI is InChI=1S/C32H42F6N6O4/c1-17(2)27(40-30(47)48-31(3,4)5)28(46)43-9-6-7-21(43)16-39-20(11-19-12-23(34)24(35)15-22(19)33)14-25(45)18-8-10-44-26(13-18)41-42-29(44)32(36,37)38/h12,15,17-18,20-21,27,39H,6-11,13-14,16H2,1-5H3,(H,40,47). The largest absolute Gasteiger partial charge is 0.451 e. The minimum absolute atomic E-state index is 0.0305. The summed E-state index contributed by atoms with van der Waals surface area (Å²) in [5.74, 6) is -6.30. The maximum atomic E-state index is 14.7. The molecular weight excluding hydrogens is 646 g/mol. The maximum absolute atomic E-state index is 14.7. The van der Waals surface area contributed by atoms with E-state index in [1.807, 2.05) is 0 Å². The average Bonchev–Trinajstić information content (AvgIpc) is 3.63. The van der Waals surface area contributed by atoms with Gasteiger partial charge in [-0.3, -0.25) is 9.59 Å². The number of rotatable bonds is 11. The first kappa shape index (κ1) is 37.1. The first-order chi connectivity index (χ1) is 22.3. The SMILES string of the molecule is CC(C)C(NC(=O)OC(C)(C)C)C(=O)N1CCCC1CNC(CC(=O)C1CCn2c(nnc2C(F)(F)F)C1)Cc1cc(F)c(F)cc1F. The molecule has 4 rings (SSSR count). The number of likely N-dealkylation sites (tertiary alicyclic amines) is 1. The van der Waals surface area contributed by atoms with Crippen molar-refractivity contribution >= 4 is 17.8 Å². The number of ketones is 1. The molecule has 0 saturated carbocycles. The van der Waals surface area contributed by atoms with E-state index in [-0.39, 0.29) is 73.8 Å². The Morgan fingerprint density at radius 1 is 1.00 bits per heavy atom. The zero-order valence-electron chi connectivity index (χ0n) is 27.6. The fourth-order valence-electron chi connectivity index (χ4n) is 6.19. The molecule has 48 heavy (non-hydrogen) atoms. The third-order valence-corrected chi connectivity index (χ3v) is 8.58. The van der Waals surface area contributed by atoms with Gasteiger partial charge < -0.3 is 24.8 Å². The molecule has 2 N–H and O–H groups in total. The number of nitrogens with one attached hydrogen (secondary N) is 2. The van der Waals surface area contributed by atoms with Gasteiger partial charge in [-0.15, -0.1) is 10.2 Å². The van der Waals surface area contributed by atoms with Crippen molar-refractivity contribution in [2.45, 2.75) is 110 Å². The lowest BCUT2D eigenvalue weighted by molar-refractivity contribution is -0.147. The molecule has 2 aliphatic heterocycles. The zero-order chi connectivity index (χ0) is 35.6. The van der Waals surface area contributed by atoms with Crippen molar-refractivity contribution in [3.63, 3.8) is 0 Å². The van der Waals surface area contributed by atoms with E-state index >= 15 is 0 Å². The van der Waals surface area contributed by atoms with Gasteiger partial charge in [-0.25, -0.2) is 18.0 Å². The smallest absolute Gasteiger partial charge is 0.444 e. The topological polar surface area (TPSA) is 118 Å². The molecule has 2 aromatic rings. The molecular formula is C32H42F6N6O4. The van der Waals surface area contributed by atoms with Gasteiger partial charge in [0.15, 0.2) is 11.6 Å². The third kappa shape index (κ3) is 9.26. The van der Waals surface area contributed by atoms with Crippen LogP contribution < -0.4 is 10.6 Å². The van der Waals surface area contributed by atoms with E-state index in [9.17, 15) is 40.7 Å². The Kier molecular flexibility index (Phi) is 11.5. The van der Waals surface area contributed by atoms with Crippen LogP contribution in [0.4, 0.5) is 31.1 Å². The summed E-state index contributed by atoms with van der Waals surface area (Å²) in [6.07, 6.45) is -4.53. The Balaban J connectivity index is 1.48. The first-order valence-electron chi connectivity index (χ1n) is 16.0. The average molecular weight is 689 g/mol. The van der Waals surface area contributed by atoms with E-state index in [1.165, 1.54) is 0 Å². The number of alkyl carbamates (subject to hydrolysis) is 1. The van der Waals surface area contributed by atoms with Crippen molar-refractivity contribution in [3.05, 3.63) is 46.8 Å². The van der Waals surface area contributed by atoms with Crippen LogP contribution in [-0.2, 0) is 39.9 Å². The van der Waals surface area contributed by atoms with Crippen LogP contribution in [-0.4, -0.2) is 74.3 Å². The Bertz CT molecular complexity index is 1490. The maximum Gasteiger partial charge on any atom is 0.451 e. The molecule has 4 unspecified atom stereocenters. The molecule has 1 saturated heterocycles. The second-order valence-corrected chi connectivity index (χ2v) is 13.8.